The first-order valence-corrected chi connectivity index (χ1v) is 5.88. The highest BCUT2D eigenvalue weighted by Crippen LogP contribution is 2.36. The van der Waals surface area contributed by atoms with Crippen LogP contribution in [0.5, 0.6) is 11.5 Å². The van der Waals surface area contributed by atoms with E-state index >= 15 is 0 Å². The summed E-state index contributed by atoms with van der Waals surface area (Å²) in [6, 6.07) is 3.43. The Hall–Kier alpha value is -1.09. The second-order valence-electron chi connectivity index (χ2n) is 4.05. The Kier molecular flexibility index (Phi) is 3.44. The molecule has 2 N–H and O–H groups in total. The molecule has 0 aromatic heterocycles. The van der Waals surface area contributed by atoms with E-state index in [0.717, 1.165) is 12.8 Å². The highest BCUT2D eigenvalue weighted by molar-refractivity contribution is 6.32. The maximum absolute atomic E-state index is 5.96. The minimum atomic E-state index is 0.285. The molecule has 2 rings (SSSR count). The molecule has 0 bridgehead atoms. The molecular weight excluding hydrogens is 226 g/mol. The van der Waals surface area contributed by atoms with Crippen LogP contribution in [0.25, 0.3) is 0 Å². The summed E-state index contributed by atoms with van der Waals surface area (Å²) >= 11 is 5.96. The lowest BCUT2D eigenvalue weighted by Crippen LogP contribution is -2.12. The van der Waals surface area contributed by atoms with E-state index in [1.807, 2.05) is 0 Å². The lowest BCUT2D eigenvalue weighted by Gasteiger charge is -2.16. The quantitative estimate of drug-likeness (QED) is 0.827. The predicted molar refractivity (Wildman–Crippen MR) is 65.3 cm³/mol. The molecule has 1 aromatic rings. The van der Waals surface area contributed by atoms with E-state index in [4.69, 9.17) is 26.8 Å². The normalized spacial score (nSPS) is 16.4. The van der Waals surface area contributed by atoms with Crippen LogP contribution < -0.4 is 15.2 Å². The van der Waals surface area contributed by atoms with Crippen LogP contribution >= 0.6 is 11.6 Å². The molecule has 0 heterocycles. The summed E-state index contributed by atoms with van der Waals surface area (Å²) in [7, 11) is 1.58. The van der Waals surface area contributed by atoms with Crippen molar-refractivity contribution < 1.29 is 9.47 Å². The lowest BCUT2D eigenvalue weighted by atomic mass is 10.2. The second-order valence-corrected chi connectivity index (χ2v) is 4.46. The molecule has 0 radical (unpaired) electrons. The fourth-order valence-electron chi connectivity index (χ4n) is 1.99. The first kappa shape index (κ1) is 11.4. The number of benzene rings is 1. The molecule has 0 amide bonds. The summed E-state index contributed by atoms with van der Waals surface area (Å²) in [5.41, 5.74) is 6.43. The van der Waals surface area contributed by atoms with E-state index in [1.54, 1.807) is 19.2 Å². The lowest BCUT2D eigenvalue weighted by molar-refractivity contribution is 0.210. The molecule has 4 heteroatoms. The van der Waals surface area contributed by atoms with Gasteiger partial charge in [-0.25, -0.2) is 0 Å². The summed E-state index contributed by atoms with van der Waals surface area (Å²) < 4.78 is 11.0. The fourth-order valence-corrected chi connectivity index (χ4v) is 2.24. The van der Waals surface area contributed by atoms with Crippen molar-refractivity contribution in [1.29, 1.82) is 0 Å². The number of halogens is 1. The minimum absolute atomic E-state index is 0.285. The summed E-state index contributed by atoms with van der Waals surface area (Å²) in [5.74, 6) is 1.28. The Morgan fingerprint density at radius 2 is 1.94 bits per heavy atom. The third kappa shape index (κ3) is 2.35. The van der Waals surface area contributed by atoms with E-state index in [2.05, 4.69) is 0 Å². The van der Waals surface area contributed by atoms with Gasteiger partial charge in [0.25, 0.3) is 0 Å². The van der Waals surface area contributed by atoms with Gasteiger partial charge in [-0.1, -0.05) is 11.6 Å². The first-order chi connectivity index (χ1) is 7.70. The number of anilines is 1. The van der Waals surface area contributed by atoms with Gasteiger partial charge in [0.1, 0.15) is 11.5 Å². The van der Waals surface area contributed by atoms with Gasteiger partial charge in [-0.15, -0.1) is 0 Å². The highest BCUT2D eigenvalue weighted by atomic mass is 35.5. The van der Waals surface area contributed by atoms with E-state index < -0.39 is 0 Å². The van der Waals surface area contributed by atoms with E-state index in [1.165, 1.54) is 12.8 Å². The Morgan fingerprint density at radius 1 is 1.25 bits per heavy atom. The number of ether oxygens (including phenoxy) is 2. The Morgan fingerprint density at radius 3 is 2.56 bits per heavy atom. The van der Waals surface area contributed by atoms with Crippen LogP contribution in [0.15, 0.2) is 12.1 Å². The zero-order chi connectivity index (χ0) is 11.5. The molecule has 1 aliphatic carbocycles. The third-order valence-corrected chi connectivity index (χ3v) is 3.18. The Labute approximate surface area is 100 Å². The van der Waals surface area contributed by atoms with Gasteiger partial charge in [-0.3, -0.25) is 0 Å². The van der Waals surface area contributed by atoms with E-state index in [0.29, 0.717) is 22.2 Å². The number of hydrogen-bond acceptors (Lipinski definition) is 3. The van der Waals surface area contributed by atoms with Crippen LogP contribution in [0.2, 0.25) is 5.02 Å². The maximum Gasteiger partial charge on any atom is 0.146 e. The zero-order valence-electron chi connectivity index (χ0n) is 9.33. The maximum atomic E-state index is 5.96. The second kappa shape index (κ2) is 4.83. The average molecular weight is 242 g/mol. The van der Waals surface area contributed by atoms with E-state index in [9.17, 15) is 0 Å². The zero-order valence-corrected chi connectivity index (χ0v) is 10.1. The molecule has 1 aromatic carbocycles. The molecule has 0 aliphatic heterocycles. The van der Waals surface area contributed by atoms with Crippen LogP contribution in [0.3, 0.4) is 0 Å². The molecule has 0 saturated heterocycles. The standard InChI is InChI=1S/C12H16ClNO2/c1-15-11-7-12(10(14)6-9(11)13)16-8-4-2-3-5-8/h6-8H,2-5,14H2,1H3. The summed E-state index contributed by atoms with van der Waals surface area (Å²) in [4.78, 5) is 0. The number of rotatable bonds is 3. The van der Waals surface area contributed by atoms with Crippen molar-refractivity contribution in [2.45, 2.75) is 31.8 Å². The molecule has 1 saturated carbocycles. The van der Waals surface area contributed by atoms with Gasteiger partial charge >= 0.3 is 0 Å². The molecule has 16 heavy (non-hydrogen) atoms. The monoisotopic (exact) mass is 241 g/mol. The van der Waals surface area contributed by atoms with Crippen molar-refractivity contribution in [3.8, 4) is 11.5 Å². The Balaban J connectivity index is 2.18. The Bertz CT molecular complexity index is 376. The van der Waals surface area contributed by atoms with Gasteiger partial charge in [0.05, 0.1) is 23.9 Å². The SMILES string of the molecule is COc1cc(OC2CCCC2)c(N)cc1Cl. The minimum Gasteiger partial charge on any atom is -0.495 e. The highest BCUT2D eigenvalue weighted by Gasteiger charge is 2.18. The smallest absolute Gasteiger partial charge is 0.146 e. The van der Waals surface area contributed by atoms with Crippen LogP contribution in [0, 0.1) is 0 Å². The van der Waals surface area contributed by atoms with Crippen LogP contribution in [0.1, 0.15) is 25.7 Å². The summed E-state index contributed by atoms with van der Waals surface area (Å²) in [6.45, 7) is 0. The number of hydrogen-bond donors (Lipinski definition) is 1. The van der Waals surface area contributed by atoms with Gasteiger partial charge in [0, 0.05) is 6.07 Å². The summed E-state index contributed by atoms with van der Waals surface area (Å²) in [5, 5.41) is 0.513. The summed E-state index contributed by atoms with van der Waals surface area (Å²) in [6.07, 6.45) is 4.95. The van der Waals surface area contributed by atoms with Crippen molar-refractivity contribution in [2.75, 3.05) is 12.8 Å². The number of nitrogens with two attached hydrogens (primary N) is 1. The van der Waals surface area contributed by atoms with Crippen LogP contribution in [0.4, 0.5) is 5.69 Å². The van der Waals surface area contributed by atoms with Gasteiger partial charge in [-0.2, -0.15) is 0 Å². The van der Waals surface area contributed by atoms with Gasteiger partial charge < -0.3 is 15.2 Å². The van der Waals surface area contributed by atoms with Crippen molar-refractivity contribution in [3.05, 3.63) is 17.2 Å². The molecule has 1 fully saturated rings. The van der Waals surface area contributed by atoms with E-state index in [-0.39, 0.29) is 6.10 Å². The van der Waals surface area contributed by atoms with Crippen molar-refractivity contribution in [3.63, 3.8) is 0 Å². The molecule has 0 spiro atoms. The predicted octanol–water partition coefficient (Wildman–Crippen LogP) is 3.25. The first-order valence-electron chi connectivity index (χ1n) is 5.50. The number of nitrogen functional groups attached to an aromatic ring is 1. The van der Waals surface area contributed by atoms with Crippen LogP contribution in [-0.2, 0) is 0 Å². The molecular formula is C12H16ClNO2. The molecule has 3 nitrogen and oxygen atoms in total. The molecule has 88 valence electrons. The topological polar surface area (TPSA) is 44.5 Å². The van der Waals surface area contributed by atoms with Gasteiger partial charge in [-0.05, 0) is 31.7 Å². The third-order valence-electron chi connectivity index (χ3n) is 2.88. The van der Waals surface area contributed by atoms with Crippen LogP contribution in [-0.4, -0.2) is 13.2 Å². The largest absolute Gasteiger partial charge is 0.495 e. The fraction of sp³-hybridized carbons (Fsp3) is 0.500. The average Bonchev–Trinajstić information content (AvgIpc) is 2.75. The molecule has 0 atom stereocenters. The number of methoxy groups -OCH3 is 1. The van der Waals surface area contributed by atoms with Gasteiger partial charge in [0.15, 0.2) is 0 Å². The van der Waals surface area contributed by atoms with Gasteiger partial charge in [0.2, 0.25) is 0 Å². The van der Waals surface area contributed by atoms with Crippen molar-refractivity contribution in [2.24, 2.45) is 0 Å². The molecule has 1 aliphatic rings. The van der Waals surface area contributed by atoms with Crippen molar-refractivity contribution in [1.82, 2.24) is 0 Å². The van der Waals surface area contributed by atoms with Crippen molar-refractivity contribution >= 4 is 17.3 Å². The molecule has 0 unspecified atom stereocenters.